The van der Waals surface area contributed by atoms with Crippen LogP contribution in [0.4, 0.5) is 5.82 Å². The number of hydrogen-bond acceptors (Lipinski definition) is 6. The second-order valence-corrected chi connectivity index (χ2v) is 4.91. The number of rotatable bonds is 5. The molecule has 1 aromatic rings. The number of carbonyl (C=O) groups is 1. The van der Waals surface area contributed by atoms with Gasteiger partial charge in [0.2, 0.25) is 0 Å². The summed E-state index contributed by atoms with van der Waals surface area (Å²) in [7, 11) is 0. The van der Waals surface area contributed by atoms with E-state index in [0.29, 0.717) is 11.8 Å². The van der Waals surface area contributed by atoms with Gasteiger partial charge >= 0.3 is 5.97 Å². The fourth-order valence-electron chi connectivity index (χ4n) is 1.29. The van der Waals surface area contributed by atoms with Crippen LogP contribution in [0.2, 0.25) is 0 Å². The summed E-state index contributed by atoms with van der Waals surface area (Å²) >= 11 is 1.58. The maximum absolute atomic E-state index is 11.5. The summed E-state index contributed by atoms with van der Waals surface area (Å²) in [5, 5.41) is 0.627. The fraction of sp³-hybridized carbons (Fsp3) is 0.545. The van der Waals surface area contributed by atoms with Crippen molar-refractivity contribution in [1.29, 1.82) is 0 Å². The van der Waals surface area contributed by atoms with Gasteiger partial charge in [0.15, 0.2) is 5.16 Å². The molecule has 1 saturated carbocycles. The molecule has 0 atom stereocenters. The van der Waals surface area contributed by atoms with E-state index in [2.05, 4.69) is 9.97 Å². The molecule has 0 saturated heterocycles. The molecule has 0 aliphatic heterocycles. The predicted octanol–water partition coefficient (Wildman–Crippen LogP) is 1.74. The molecule has 0 unspecified atom stereocenters. The molecule has 1 aliphatic carbocycles. The number of nitrogen functional groups attached to an aromatic ring is 1. The van der Waals surface area contributed by atoms with Gasteiger partial charge in [0.25, 0.3) is 0 Å². The van der Waals surface area contributed by atoms with Crippen LogP contribution in [-0.4, -0.2) is 28.3 Å². The lowest BCUT2D eigenvalue weighted by atomic mass is 10.3. The molecule has 6 heteroatoms. The van der Waals surface area contributed by atoms with E-state index in [4.69, 9.17) is 10.5 Å². The summed E-state index contributed by atoms with van der Waals surface area (Å²) in [5.74, 6) is 1.55. The molecule has 92 valence electrons. The van der Waals surface area contributed by atoms with Gasteiger partial charge in [-0.15, -0.1) is 0 Å². The molecule has 1 aliphatic rings. The molecule has 1 fully saturated rings. The van der Waals surface area contributed by atoms with Gasteiger partial charge in [-0.2, -0.15) is 0 Å². The van der Waals surface area contributed by atoms with Gasteiger partial charge in [0.05, 0.1) is 6.61 Å². The first-order valence-corrected chi connectivity index (χ1v) is 6.61. The zero-order valence-electron chi connectivity index (χ0n) is 9.68. The Hall–Kier alpha value is -1.30. The fourth-order valence-corrected chi connectivity index (χ4v) is 2.30. The summed E-state index contributed by atoms with van der Waals surface area (Å²) < 4.78 is 4.85. The number of esters is 1. The van der Waals surface area contributed by atoms with E-state index in [0.717, 1.165) is 11.7 Å². The smallest absolute Gasteiger partial charge is 0.343 e. The summed E-state index contributed by atoms with van der Waals surface area (Å²) in [6.45, 7) is 2.06. The van der Waals surface area contributed by atoms with Crippen molar-refractivity contribution >= 4 is 23.5 Å². The third kappa shape index (κ3) is 3.33. The summed E-state index contributed by atoms with van der Waals surface area (Å²) in [5.41, 5.74) is 5.95. The van der Waals surface area contributed by atoms with E-state index in [-0.39, 0.29) is 11.4 Å². The highest BCUT2D eigenvalue weighted by molar-refractivity contribution is 7.99. The zero-order chi connectivity index (χ0) is 12.3. The number of anilines is 1. The molecule has 2 rings (SSSR count). The van der Waals surface area contributed by atoms with Crippen LogP contribution in [0.1, 0.15) is 30.1 Å². The van der Waals surface area contributed by atoms with Crippen molar-refractivity contribution in [3.05, 3.63) is 11.8 Å². The number of nitrogens with two attached hydrogens (primary N) is 1. The molecule has 2 N–H and O–H groups in total. The van der Waals surface area contributed by atoms with Crippen molar-refractivity contribution in [1.82, 2.24) is 9.97 Å². The highest BCUT2D eigenvalue weighted by atomic mass is 32.2. The van der Waals surface area contributed by atoms with Crippen LogP contribution in [0.5, 0.6) is 0 Å². The van der Waals surface area contributed by atoms with Gasteiger partial charge in [-0.25, -0.2) is 14.8 Å². The minimum absolute atomic E-state index is 0.191. The van der Waals surface area contributed by atoms with Gasteiger partial charge in [0, 0.05) is 11.9 Å². The Balaban J connectivity index is 2.01. The van der Waals surface area contributed by atoms with Gasteiger partial charge in [-0.05, 0) is 25.7 Å². The minimum Gasteiger partial charge on any atom is -0.462 e. The Morgan fingerprint density at radius 1 is 1.65 bits per heavy atom. The molecule has 0 aromatic carbocycles. The Morgan fingerprint density at radius 3 is 3.00 bits per heavy atom. The average molecular weight is 253 g/mol. The number of hydrogen-bond donors (Lipinski definition) is 1. The molecular formula is C11H15N3O2S. The molecule has 0 bridgehead atoms. The summed E-state index contributed by atoms with van der Waals surface area (Å²) in [6.07, 6.45) is 4.03. The monoisotopic (exact) mass is 253 g/mol. The van der Waals surface area contributed by atoms with Gasteiger partial charge in [-0.3, -0.25) is 0 Å². The Labute approximate surface area is 104 Å². The molecular weight excluding hydrogens is 238 g/mol. The minimum atomic E-state index is -0.469. The van der Waals surface area contributed by atoms with Crippen LogP contribution in [0, 0.1) is 5.92 Å². The molecule has 1 aromatic heterocycles. The highest BCUT2D eigenvalue weighted by Crippen LogP contribution is 2.34. The van der Waals surface area contributed by atoms with Crippen LogP contribution < -0.4 is 5.73 Å². The number of ether oxygens (including phenoxy) is 1. The predicted molar refractivity (Wildman–Crippen MR) is 65.8 cm³/mol. The lowest BCUT2D eigenvalue weighted by molar-refractivity contribution is 0.0526. The standard InChI is InChI=1S/C11H15N3O2S/c1-2-16-10(15)8-5-13-11(14-9(8)12)17-6-7-3-4-7/h5,7H,2-4,6H2,1H3,(H2,12,13,14). The van der Waals surface area contributed by atoms with E-state index in [1.54, 1.807) is 18.7 Å². The Morgan fingerprint density at radius 2 is 2.41 bits per heavy atom. The largest absolute Gasteiger partial charge is 0.462 e. The Bertz CT molecular complexity index is 421. The lowest BCUT2D eigenvalue weighted by Gasteiger charge is -2.05. The van der Waals surface area contributed by atoms with Gasteiger partial charge < -0.3 is 10.5 Å². The summed E-state index contributed by atoms with van der Waals surface area (Å²) in [4.78, 5) is 19.7. The van der Waals surface area contributed by atoms with E-state index in [1.807, 2.05) is 0 Å². The van der Waals surface area contributed by atoms with Crippen molar-refractivity contribution in [2.75, 3.05) is 18.1 Å². The second-order valence-electron chi connectivity index (χ2n) is 3.93. The molecule has 5 nitrogen and oxygen atoms in total. The first kappa shape index (κ1) is 12.2. The van der Waals surface area contributed by atoms with Crippen LogP contribution in [0.15, 0.2) is 11.4 Å². The second kappa shape index (κ2) is 5.35. The van der Waals surface area contributed by atoms with Crippen molar-refractivity contribution < 1.29 is 9.53 Å². The first-order chi connectivity index (χ1) is 8.20. The summed E-state index contributed by atoms with van der Waals surface area (Å²) in [6, 6.07) is 0. The maximum Gasteiger partial charge on any atom is 0.343 e. The zero-order valence-corrected chi connectivity index (χ0v) is 10.5. The normalized spacial score (nSPS) is 14.6. The van der Waals surface area contributed by atoms with Gasteiger partial charge in [0.1, 0.15) is 11.4 Å². The molecule has 0 spiro atoms. The van der Waals surface area contributed by atoms with Crippen molar-refractivity contribution in [2.24, 2.45) is 5.92 Å². The SMILES string of the molecule is CCOC(=O)c1cnc(SCC2CC2)nc1N. The molecule has 1 heterocycles. The Kier molecular flexibility index (Phi) is 3.83. The third-order valence-corrected chi connectivity index (χ3v) is 3.53. The number of thioether (sulfide) groups is 1. The molecule has 0 radical (unpaired) electrons. The number of aromatic nitrogens is 2. The van der Waals surface area contributed by atoms with E-state index in [9.17, 15) is 4.79 Å². The van der Waals surface area contributed by atoms with Crippen molar-refractivity contribution in [2.45, 2.75) is 24.9 Å². The van der Waals surface area contributed by atoms with E-state index < -0.39 is 5.97 Å². The van der Waals surface area contributed by atoms with E-state index in [1.165, 1.54) is 19.0 Å². The number of carbonyl (C=O) groups excluding carboxylic acids is 1. The highest BCUT2D eigenvalue weighted by Gasteiger charge is 2.22. The average Bonchev–Trinajstić information content (AvgIpc) is 3.10. The number of nitrogens with zero attached hydrogens (tertiary/aromatic N) is 2. The van der Waals surface area contributed by atoms with Crippen LogP contribution in [0.3, 0.4) is 0 Å². The molecule has 0 amide bonds. The maximum atomic E-state index is 11.5. The van der Waals surface area contributed by atoms with E-state index >= 15 is 0 Å². The molecule has 17 heavy (non-hydrogen) atoms. The van der Waals surface area contributed by atoms with Crippen LogP contribution in [-0.2, 0) is 4.74 Å². The van der Waals surface area contributed by atoms with Crippen molar-refractivity contribution in [3.63, 3.8) is 0 Å². The van der Waals surface area contributed by atoms with Crippen LogP contribution >= 0.6 is 11.8 Å². The van der Waals surface area contributed by atoms with Crippen LogP contribution in [0.25, 0.3) is 0 Å². The first-order valence-electron chi connectivity index (χ1n) is 5.63. The quantitative estimate of drug-likeness (QED) is 0.489. The topological polar surface area (TPSA) is 78.1 Å². The van der Waals surface area contributed by atoms with Gasteiger partial charge in [-0.1, -0.05) is 11.8 Å². The van der Waals surface area contributed by atoms with Crippen molar-refractivity contribution in [3.8, 4) is 0 Å². The third-order valence-electron chi connectivity index (χ3n) is 2.44. The lowest BCUT2D eigenvalue weighted by Crippen LogP contribution is -2.10.